The lowest BCUT2D eigenvalue weighted by Crippen LogP contribution is -2.13. The van der Waals surface area contributed by atoms with Crippen LogP contribution in [-0.2, 0) is 19.7 Å². The number of hydrogen-bond donors (Lipinski definition) is 1. The highest BCUT2D eigenvalue weighted by molar-refractivity contribution is 9.10. The molecule has 0 aliphatic heterocycles. The fourth-order valence-corrected chi connectivity index (χ4v) is 3.91. The Balaban J connectivity index is 1.66. The average Bonchev–Trinajstić information content (AvgIpc) is 2.70. The van der Waals surface area contributed by atoms with E-state index in [-0.39, 0.29) is 0 Å². The van der Waals surface area contributed by atoms with Gasteiger partial charge in [0.15, 0.2) is 11.5 Å². The van der Waals surface area contributed by atoms with Crippen molar-refractivity contribution in [3.8, 4) is 11.5 Å². The molecular formula is C22H19BrCl3NO2. The van der Waals surface area contributed by atoms with Crippen molar-refractivity contribution >= 4 is 50.7 Å². The van der Waals surface area contributed by atoms with Gasteiger partial charge in [0.2, 0.25) is 0 Å². The third-order valence-corrected chi connectivity index (χ3v) is 5.96. The molecule has 0 aliphatic rings. The van der Waals surface area contributed by atoms with Crippen molar-refractivity contribution < 1.29 is 9.47 Å². The molecule has 0 saturated heterocycles. The van der Waals surface area contributed by atoms with E-state index in [1.54, 1.807) is 19.2 Å². The van der Waals surface area contributed by atoms with E-state index in [1.807, 2.05) is 42.5 Å². The molecule has 3 aromatic rings. The van der Waals surface area contributed by atoms with Crippen LogP contribution in [0.2, 0.25) is 15.1 Å². The summed E-state index contributed by atoms with van der Waals surface area (Å²) in [4.78, 5) is 0. The summed E-state index contributed by atoms with van der Waals surface area (Å²) in [5, 5.41) is 5.17. The topological polar surface area (TPSA) is 30.5 Å². The Morgan fingerprint density at radius 3 is 2.38 bits per heavy atom. The largest absolute Gasteiger partial charge is 0.493 e. The molecule has 0 unspecified atom stereocenters. The van der Waals surface area contributed by atoms with Gasteiger partial charge in [-0.05, 0) is 63.0 Å². The van der Waals surface area contributed by atoms with E-state index in [4.69, 9.17) is 44.3 Å². The van der Waals surface area contributed by atoms with Gasteiger partial charge >= 0.3 is 0 Å². The van der Waals surface area contributed by atoms with Crippen molar-refractivity contribution in [1.82, 2.24) is 5.32 Å². The van der Waals surface area contributed by atoms with Gasteiger partial charge in [0, 0.05) is 18.1 Å². The summed E-state index contributed by atoms with van der Waals surface area (Å²) in [6, 6.07) is 17.2. The van der Waals surface area contributed by atoms with Crippen molar-refractivity contribution in [2.24, 2.45) is 0 Å². The Hall–Kier alpha value is -1.43. The Morgan fingerprint density at radius 1 is 0.862 bits per heavy atom. The lowest BCUT2D eigenvalue weighted by atomic mass is 10.1. The van der Waals surface area contributed by atoms with E-state index in [1.165, 1.54) is 0 Å². The quantitative estimate of drug-likeness (QED) is 0.342. The van der Waals surface area contributed by atoms with Crippen LogP contribution in [0.4, 0.5) is 0 Å². The third kappa shape index (κ3) is 6.03. The summed E-state index contributed by atoms with van der Waals surface area (Å²) < 4.78 is 12.3. The van der Waals surface area contributed by atoms with Crippen LogP contribution in [0.25, 0.3) is 0 Å². The van der Waals surface area contributed by atoms with Crippen molar-refractivity contribution in [1.29, 1.82) is 0 Å². The lowest BCUT2D eigenvalue weighted by Gasteiger charge is -2.15. The third-order valence-electron chi connectivity index (χ3n) is 4.26. The van der Waals surface area contributed by atoms with Gasteiger partial charge in [-0.1, -0.05) is 59.1 Å². The maximum atomic E-state index is 6.20. The monoisotopic (exact) mass is 513 g/mol. The van der Waals surface area contributed by atoms with Gasteiger partial charge in [-0.2, -0.15) is 0 Å². The minimum absolute atomic E-state index is 0.343. The van der Waals surface area contributed by atoms with Crippen LogP contribution in [0.5, 0.6) is 11.5 Å². The van der Waals surface area contributed by atoms with Crippen LogP contribution >= 0.6 is 50.7 Å². The Bertz CT molecular complexity index is 998. The van der Waals surface area contributed by atoms with Crippen LogP contribution in [-0.4, -0.2) is 7.11 Å². The van der Waals surface area contributed by atoms with Gasteiger partial charge in [-0.15, -0.1) is 0 Å². The maximum Gasteiger partial charge on any atom is 0.175 e. The fourth-order valence-electron chi connectivity index (χ4n) is 2.78. The highest BCUT2D eigenvalue weighted by atomic mass is 79.9. The van der Waals surface area contributed by atoms with Crippen LogP contribution in [0, 0.1) is 0 Å². The Morgan fingerprint density at radius 2 is 1.66 bits per heavy atom. The smallest absolute Gasteiger partial charge is 0.175 e. The SMILES string of the molecule is COc1cc(CNCc2ccccc2Cl)cc(Br)c1OCc1ccc(Cl)c(Cl)c1. The Labute approximate surface area is 194 Å². The van der Waals surface area contributed by atoms with Gasteiger partial charge in [-0.25, -0.2) is 0 Å². The summed E-state index contributed by atoms with van der Waals surface area (Å²) in [6.07, 6.45) is 0. The second kappa shape index (κ2) is 10.6. The Kier molecular flexibility index (Phi) is 8.10. The zero-order chi connectivity index (χ0) is 20.8. The summed E-state index contributed by atoms with van der Waals surface area (Å²) in [7, 11) is 1.62. The number of nitrogens with one attached hydrogen (secondary N) is 1. The standard InChI is InChI=1S/C22H19BrCl3NO2/c1-28-21-10-15(11-27-12-16-4-2-3-5-18(16)24)8-17(23)22(21)29-13-14-6-7-19(25)20(26)9-14/h2-10,27H,11-13H2,1H3. The minimum atomic E-state index is 0.343. The minimum Gasteiger partial charge on any atom is -0.493 e. The van der Waals surface area contributed by atoms with Crippen LogP contribution < -0.4 is 14.8 Å². The average molecular weight is 516 g/mol. The first-order valence-corrected chi connectivity index (χ1v) is 10.8. The number of halogens is 4. The molecule has 3 nitrogen and oxygen atoms in total. The zero-order valence-corrected chi connectivity index (χ0v) is 19.5. The van der Waals surface area contributed by atoms with Gasteiger partial charge < -0.3 is 14.8 Å². The predicted octanol–water partition coefficient (Wildman–Crippen LogP) is 7.29. The van der Waals surface area contributed by atoms with Gasteiger partial charge in [0.05, 0.1) is 21.6 Å². The van der Waals surface area contributed by atoms with E-state index in [9.17, 15) is 0 Å². The summed E-state index contributed by atoms with van der Waals surface area (Å²) in [5.41, 5.74) is 3.03. The molecule has 3 rings (SSSR count). The van der Waals surface area contributed by atoms with Crippen molar-refractivity contribution in [2.75, 3.05) is 7.11 Å². The first-order chi connectivity index (χ1) is 14.0. The number of hydrogen-bond acceptors (Lipinski definition) is 3. The zero-order valence-electron chi connectivity index (χ0n) is 15.6. The molecule has 0 saturated carbocycles. The molecule has 0 atom stereocenters. The summed E-state index contributed by atoms with van der Waals surface area (Å²) in [6.45, 7) is 1.68. The summed E-state index contributed by atoms with van der Waals surface area (Å²) >= 11 is 21.8. The molecule has 0 heterocycles. The van der Waals surface area contributed by atoms with E-state index in [0.29, 0.717) is 41.2 Å². The molecule has 0 aliphatic carbocycles. The van der Waals surface area contributed by atoms with Gasteiger partial charge in [0.1, 0.15) is 6.61 Å². The molecule has 0 fully saturated rings. The van der Waals surface area contributed by atoms with E-state index in [2.05, 4.69) is 21.2 Å². The van der Waals surface area contributed by atoms with E-state index in [0.717, 1.165) is 26.2 Å². The van der Waals surface area contributed by atoms with Crippen LogP contribution in [0.1, 0.15) is 16.7 Å². The second-order valence-electron chi connectivity index (χ2n) is 6.34. The molecule has 152 valence electrons. The van der Waals surface area contributed by atoms with Crippen molar-refractivity contribution in [2.45, 2.75) is 19.7 Å². The fraction of sp³-hybridized carbons (Fsp3) is 0.182. The molecular weight excluding hydrogens is 497 g/mol. The molecule has 0 bridgehead atoms. The molecule has 1 N–H and O–H groups in total. The normalized spacial score (nSPS) is 10.8. The van der Waals surface area contributed by atoms with Crippen LogP contribution in [0.3, 0.4) is 0 Å². The first-order valence-electron chi connectivity index (χ1n) is 8.85. The number of ether oxygens (including phenoxy) is 2. The van der Waals surface area contributed by atoms with Crippen molar-refractivity contribution in [3.63, 3.8) is 0 Å². The maximum absolute atomic E-state index is 6.20. The highest BCUT2D eigenvalue weighted by Gasteiger charge is 2.13. The molecule has 0 radical (unpaired) electrons. The van der Waals surface area contributed by atoms with Crippen molar-refractivity contribution in [3.05, 3.63) is 90.8 Å². The second-order valence-corrected chi connectivity index (χ2v) is 8.42. The molecule has 7 heteroatoms. The lowest BCUT2D eigenvalue weighted by molar-refractivity contribution is 0.282. The van der Waals surface area contributed by atoms with E-state index < -0.39 is 0 Å². The highest BCUT2D eigenvalue weighted by Crippen LogP contribution is 2.37. The molecule has 0 amide bonds. The van der Waals surface area contributed by atoms with E-state index >= 15 is 0 Å². The molecule has 0 aromatic heterocycles. The van der Waals surface area contributed by atoms with Gasteiger partial charge in [-0.3, -0.25) is 0 Å². The van der Waals surface area contributed by atoms with Crippen LogP contribution in [0.15, 0.2) is 59.1 Å². The predicted molar refractivity (Wildman–Crippen MR) is 123 cm³/mol. The van der Waals surface area contributed by atoms with Gasteiger partial charge in [0.25, 0.3) is 0 Å². The molecule has 3 aromatic carbocycles. The number of rotatable bonds is 8. The molecule has 29 heavy (non-hydrogen) atoms. The molecule has 0 spiro atoms. The number of benzene rings is 3. The number of methoxy groups -OCH3 is 1. The first kappa shape index (κ1) is 22.3. The summed E-state index contributed by atoms with van der Waals surface area (Å²) in [5.74, 6) is 1.28.